The van der Waals surface area contributed by atoms with Crippen LogP contribution in [0, 0.1) is 12.8 Å². The second kappa shape index (κ2) is 23.4. The number of nitrogens with zero attached hydrogens (tertiary/aromatic N) is 7. The molecule has 4 aromatic carbocycles. The van der Waals surface area contributed by atoms with Crippen molar-refractivity contribution in [3.8, 4) is 44.7 Å². The first-order chi connectivity index (χ1) is 38.8. The number of benzene rings is 4. The van der Waals surface area contributed by atoms with Crippen molar-refractivity contribution < 1.29 is 42.1 Å². The SMILES string of the molecule is CCCOc1cccc(Oc2cc3c(cc2NS(=O)(=O)c2cccc(C(=O)N[C@H]4C[C@H](Oc5cc(-c6cnn(C(C(=O)N7C[C@H](O)C[C@H]7C(=O)N[C@@H](C)c7ccc(-c8scnc8C)cc7)C(C)C)c6)ccn5)C4)c2)n(C)c(=O)n3C)c1. The highest BCUT2D eigenvalue weighted by Gasteiger charge is 2.43. The maximum Gasteiger partial charge on any atom is 0.328 e. The predicted octanol–water partition coefficient (Wildman–Crippen LogP) is 8.33. The lowest BCUT2D eigenvalue weighted by atomic mass is 9.89. The molecule has 1 aliphatic carbocycles. The number of imidazole rings is 1. The van der Waals surface area contributed by atoms with Gasteiger partial charge in [0.25, 0.3) is 15.9 Å². The standard InChI is InChI=1S/C59H64N10O10S2/c1-8-21-77-44-12-10-13-45(27-44)78-52-29-50-49(66(6)59(74)67(50)7)28-48(52)65-81(75,76)47-14-9-11-40(22-47)56(71)64-42-24-46(25-42)79-53-23-39(19-20-60-53)41-30-62-69(31-41)54(34(2)3)58(73)68-32-43(70)26-51(68)57(72)63-35(4)37-15-17-38(18-16-37)55-36(5)61-33-80-55/h9-20,22-23,27-31,33-35,42-43,46,51,54,65,70H,8,21,24-26,32H2,1-7H3,(H,63,72)(H,64,71)/t35-,42-,43+,46-,51-,54?/m0/s1. The zero-order valence-corrected chi connectivity index (χ0v) is 47.5. The van der Waals surface area contributed by atoms with E-state index in [9.17, 15) is 32.7 Å². The Hall–Kier alpha value is -8.34. The third-order valence-corrected chi connectivity index (χ3v) is 17.1. The molecule has 0 spiro atoms. The van der Waals surface area contributed by atoms with Crippen LogP contribution in [0.3, 0.4) is 0 Å². The lowest BCUT2D eigenvalue weighted by Crippen LogP contribution is -2.49. The highest BCUT2D eigenvalue weighted by atomic mass is 32.2. The number of aryl methyl sites for hydroxylation is 3. The van der Waals surface area contributed by atoms with Crippen LogP contribution < -0.4 is 35.3 Å². The number of amides is 3. The first-order valence-electron chi connectivity index (χ1n) is 26.8. The van der Waals surface area contributed by atoms with Crippen LogP contribution >= 0.6 is 11.3 Å². The summed E-state index contributed by atoms with van der Waals surface area (Å²) < 4.78 is 53.5. The quantitative estimate of drug-likeness (QED) is 0.0562. The molecule has 2 aliphatic rings. The van der Waals surface area contributed by atoms with Crippen molar-refractivity contribution in [1.82, 2.24) is 44.4 Å². The summed E-state index contributed by atoms with van der Waals surface area (Å²) in [5, 5.41) is 21.5. The fourth-order valence-electron chi connectivity index (χ4n) is 10.3. The fraction of sp³-hybridized carbons (Fsp3) is 0.339. The second-order valence-electron chi connectivity index (χ2n) is 21.0. The Balaban J connectivity index is 0.751. The molecule has 4 atom stereocenters. The highest BCUT2D eigenvalue weighted by Crippen LogP contribution is 2.37. The largest absolute Gasteiger partial charge is 0.493 e. The number of hydrogen-bond acceptors (Lipinski definition) is 14. The van der Waals surface area contributed by atoms with Gasteiger partial charge in [-0.3, -0.25) is 32.9 Å². The lowest BCUT2D eigenvalue weighted by Gasteiger charge is -2.35. The van der Waals surface area contributed by atoms with Gasteiger partial charge in [0, 0.05) is 87.7 Å². The molecule has 1 saturated carbocycles. The summed E-state index contributed by atoms with van der Waals surface area (Å²) in [5.74, 6) is 0.112. The molecule has 3 amide bonds. The van der Waals surface area contributed by atoms with E-state index in [1.807, 2.05) is 70.5 Å². The number of aliphatic hydroxyl groups excluding tert-OH is 1. The maximum atomic E-state index is 14.4. The normalized spacial score (nSPS) is 17.8. The number of thiazole rings is 1. The minimum absolute atomic E-state index is 0.0156. The predicted molar refractivity (Wildman–Crippen MR) is 307 cm³/mol. The summed E-state index contributed by atoms with van der Waals surface area (Å²) in [6.07, 6.45) is 5.77. The molecular formula is C59H64N10O10S2. The van der Waals surface area contributed by atoms with E-state index in [1.54, 1.807) is 85.1 Å². The number of sulfonamides is 1. The van der Waals surface area contributed by atoms with E-state index in [2.05, 4.69) is 30.4 Å². The van der Waals surface area contributed by atoms with E-state index < -0.39 is 34.1 Å². The number of hydrogen-bond donors (Lipinski definition) is 4. The molecule has 1 saturated heterocycles. The molecule has 422 valence electrons. The summed E-state index contributed by atoms with van der Waals surface area (Å²) in [5.41, 5.74) is 7.07. The molecule has 8 aromatic rings. The topological polar surface area (TPSA) is 243 Å². The Morgan fingerprint density at radius 3 is 2.33 bits per heavy atom. The number of likely N-dealkylation sites (tertiary alicyclic amines) is 1. The molecule has 22 heteroatoms. The van der Waals surface area contributed by atoms with Gasteiger partial charge < -0.3 is 34.9 Å². The zero-order chi connectivity index (χ0) is 57.3. The van der Waals surface area contributed by atoms with Crippen molar-refractivity contribution in [2.75, 3.05) is 17.9 Å². The molecule has 1 aliphatic heterocycles. The van der Waals surface area contributed by atoms with Crippen LogP contribution in [0.5, 0.6) is 23.1 Å². The van der Waals surface area contributed by atoms with E-state index >= 15 is 0 Å². The number of aliphatic hydroxyl groups is 1. The van der Waals surface area contributed by atoms with Gasteiger partial charge in [0.1, 0.15) is 29.7 Å². The number of rotatable bonds is 20. The van der Waals surface area contributed by atoms with Crippen molar-refractivity contribution in [2.45, 2.75) is 102 Å². The van der Waals surface area contributed by atoms with Gasteiger partial charge in [-0.1, -0.05) is 57.2 Å². The molecule has 0 bridgehead atoms. The number of aromatic nitrogens is 6. The van der Waals surface area contributed by atoms with Crippen LogP contribution in [0.2, 0.25) is 0 Å². The van der Waals surface area contributed by atoms with E-state index in [0.29, 0.717) is 53.4 Å². The number of pyridine rings is 1. The van der Waals surface area contributed by atoms with E-state index in [4.69, 9.17) is 14.2 Å². The molecular weight excluding hydrogens is 1070 g/mol. The zero-order valence-electron chi connectivity index (χ0n) is 45.9. The van der Waals surface area contributed by atoms with Crippen LogP contribution in [0.1, 0.15) is 87.1 Å². The average molecular weight is 1140 g/mol. The van der Waals surface area contributed by atoms with Crippen LogP contribution in [0.4, 0.5) is 5.69 Å². The van der Waals surface area contributed by atoms with Gasteiger partial charge in [0.15, 0.2) is 5.75 Å². The smallest absolute Gasteiger partial charge is 0.328 e. The number of ether oxygens (including phenoxy) is 3. The second-order valence-corrected chi connectivity index (χ2v) is 23.5. The van der Waals surface area contributed by atoms with Gasteiger partial charge in [0.05, 0.1) is 62.6 Å². The summed E-state index contributed by atoms with van der Waals surface area (Å²) >= 11 is 1.57. The van der Waals surface area contributed by atoms with Gasteiger partial charge in [-0.2, -0.15) is 5.10 Å². The maximum absolute atomic E-state index is 14.4. The van der Waals surface area contributed by atoms with Crippen molar-refractivity contribution >= 4 is 55.8 Å². The lowest BCUT2D eigenvalue weighted by molar-refractivity contribution is -0.142. The third kappa shape index (κ3) is 12.1. The highest BCUT2D eigenvalue weighted by molar-refractivity contribution is 7.92. The van der Waals surface area contributed by atoms with Crippen LogP contribution in [-0.4, -0.2) is 102 Å². The van der Waals surface area contributed by atoms with Crippen LogP contribution in [-0.2, 0) is 33.7 Å². The van der Waals surface area contributed by atoms with E-state index in [-0.39, 0.29) is 76.5 Å². The first-order valence-corrected chi connectivity index (χ1v) is 29.2. The number of nitrogens with one attached hydrogen (secondary N) is 3. The number of β-amino-alcohol motifs (C(OH)–C–C–N with tert-alkyl or cyclic N) is 1. The summed E-state index contributed by atoms with van der Waals surface area (Å²) in [6.45, 7) is 10.2. The molecule has 4 aromatic heterocycles. The molecule has 81 heavy (non-hydrogen) atoms. The van der Waals surface area contributed by atoms with Crippen LogP contribution in [0.25, 0.3) is 32.6 Å². The van der Waals surface area contributed by atoms with Crippen molar-refractivity contribution in [3.63, 3.8) is 0 Å². The average Bonchev–Trinajstić information content (AvgIpc) is 4.36. The Labute approximate surface area is 472 Å². The van der Waals surface area contributed by atoms with Gasteiger partial charge in [-0.25, -0.2) is 23.2 Å². The van der Waals surface area contributed by atoms with Gasteiger partial charge in [0.2, 0.25) is 17.7 Å². The Morgan fingerprint density at radius 2 is 1.60 bits per heavy atom. The van der Waals surface area contributed by atoms with Crippen molar-refractivity contribution in [1.29, 1.82) is 0 Å². The van der Waals surface area contributed by atoms with Crippen molar-refractivity contribution in [3.05, 3.63) is 148 Å². The molecule has 0 radical (unpaired) electrons. The summed E-state index contributed by atoms with van der Waals surface area (Å²) in [6, 6.07) is 25.1. The number of fused-ring (bicyclic) bond motifs is 1. The monoisotopic (exact) mass is 1140 g/mol. The molecule has 1 unspecified atom stereocenters. The van der Waals surface area contributed by atoms with Gasteiger partial charge in [-0.15, -0.1) is 11.3 Å². The fourth-order valence-corrected chi connectivity index (χ4v) is 12.2. The first kappa shape index (κ1) is 56.0. The van der Waals surface area contributed by atoms with E-state index in [1.165, 1.54) is 44.4 Å². The number of carbonyl (C=O) groups is 3. The molecule has 5 heterocycles. The minimum Gasteiger partial charge on any atom is -0.493 e. The number of carbonyl (C=O) groups excluding carboxylic acids is 3. The molecule has 20 nitrogen and oxygen atoms in total. The molecule has 4 N–H and O–H groups in total. The molecule has 2 fully saturated rings. The Morgan fingerprint density at radius 1 is 0.864 bits per heavy atom. The van der Waals surface area contributed by atoms with Crippen LogP contribution in [0.15, 0.2) is 131 Å². The Kier molecular flexibility index (Phi) is 16.2. The van der Waals surface area contributed by atoms with E-state index in [0.717, 1.165) is 33.7 Å². The summed E-state index contributed by atoms with van der Waals surface area (Å²) in [4.78, 5) is 66.0. The van der Waals surface area contributed by atoms with Gasteiger partial charge in [-0.05, 0) is 85.3 Å². The molecule has 10 rings (SSSR count). The van der Waals surface area contributed by atoms with Crippen molar-refractivity contribution in [2.24, 2.45) is 20.0 Å². The third-order valence-electron chi connectivity index (χ3n) is 14.7. The summed E-state index contributed by atoms with van der Waals surface area (Å²) in [7, 11) is -1.10. The minimum atomic E-state index is -4.32. The van der Waals surface area contributed by atoms with Gasteiger partial charge >= 0.3 is 5.69 Å². The number of anilines is 1. The Bertz CT molecular complexity index is 3810.